The van der Waals surface area contributed by atoms with Gasteiger partial charge in [0.25, 0.3) is 0 Å². The Kier molecular flexibility index (Phi) is 10.2. The number of guanidine groups is 1. The molecule has 0 aromatic heterocycles. The molecular weight excluding hydrogens is 509 g/mol. The minimum atomic E-state index is -0.455. The number of hydrogen-bond donors (Lipinski definition) is 2. The van der Waals surface area contributed by atoms with Gasteiger partial charge in [-0.25, -0.2) is 9.18 Å². The van der Waals surface area contributed by atoms with E-state index in [1.54, 1.807) is 36.4 Å². The van der Waals surface area contributed by atoms with Crippen LogP contribution < -0.4 is 16.2 Å². The summed E-state index contributed by atoms with van der Waals surface area (Å²) in [5.74, 6) is -0.130. The van der Waals surface area contributed by atoms with Crippen molar-refractivity contribution in [2.45, 2.75) is 32.3 Å². The molecule has 200 valence electrons. The lowest BCUT2D eigenvalue weighted by Crippen LogP contribution is -2.28. The molecule has 4 N–H and O–H groups in total. The lowest BCUT2D eigenvalue weighted by atomic mass is 9.82. The molecule has 0 spiro atoms. The lowest BCUT2D eigenvalue weighted by molar-refractivity contribution is -0.140. The van der Waals surface area contributed by atoms with Crippen molar-refractivity contribution in [1.29, 1.82) is 0 Å². The van der Waals surface area contributed by atoms with Crippen LogP contribution in [0.25, 0.3) is 11.1 Å². The molecule has 3 aromatic carbocycles. The summed E-state index contributed by atoms with van der Waals surface area (Å²) >= 11 is 0. The van der Waals surface area contributed by atoms with Gasteiger partial charge in [-0.2, -0.15) is 0 Å². The lowest BCUT2D eigenvalue weighted by Gasteiger charge is -2.26. The Labute approximate surface area is 227 Å². The van der Waals surface area contributed by atoms with Gasteiger partial charge in [0.05, 0.1) is 11.5 Å². The fourth-order valence-corrected chi connectivity index (χ4v) is 4.34. The first-order valence-corrected chi connectivity index (χ1v) is 12.3. The van der Waals surface area contributed by atoms with Gasteiger partial charge in [-0.05, 0) is 84.7 Å². The molecule has 0 atom stereocenters. The number of ether oxygens (including phenoxy) is 2. The Balaban J connectivity index is 0.00000400. The van der Waals surface area contributed by atoms with Gasteiger partial charge in [-0.15, -0.1) is 12.4 Å². The maximum absolute atomic E-state index is 13.0. The van der Waals surface area contributed by atoms with E-state index in [-0.39, 0.29) is 42.7 Å². The van der Waals surface area contributed by atoms with Gasteiger partial charge in [-0.1, -0.05) is 36.4 Å². The standard InChI is InChI=1S/C29H30FN3O4.ClH/c30-25-13-3-20(4-14-25)18-36-27(34)23-9-7-21(8-10-23)22-11-15-26(16-12-22)37-28(35)24-5-1-19(2-6-24)17-33-29(31)32;/h3-4,7-16,19,24H,1-2,5-6,17-18H2,(H4,31,32,33);1H. The van der Waals surface area contributed by atoms with Gasteiger partial charge in [0.1, 0.15) is 18.2 Å². The van der Waals surface area contributed by atoms with Crippen LogP contribution in [0.5, 0.6) is 5.75 Å². The summed E-state index contributed by atoms with van der Waals surface area (Å²) < 4.78 is 23.9. The quantitative estimate of drug-likeness (QED) is 0.175. The molecule has 0 amide bonds. The van der Waals surface area contributed by atoms with Crippen molar-refractivity contribution in [2.24, 2.45) is 28.3 Å². The second-order valence-electron chi connectivity index (χ2n) is 9.21. The van der Waals surface area contributed by atoms with Crippen molar-refractivity contribution in [3.05, 3.63) is 89.7 Å². The average molecular weight is 540 g/mol. The summed E-state index contributed by atoms with van der Waals surface area (Å²) in [7, 11) is 0. The highest BCUT2D eigenvalue weighted by molar-refractivity contribution is 5.90. The molecule has 0 bridgehead atoms. The molecular formula is C29H31ClFN3O4. The normalized spacial score (nSPS) is 16.6. The van der Waals surface area contributed by atoms with E-state index in [9.17, 15) is 14.0 Å². The van der Waals surface area contributed by atoms with Crippen molar-refractivity contribution < 1.29 is 23.5 Å². The van der Waals surface area contributed by atoms with Crippen LogP contribution in [0.3, 0.4) is 0 Å². The van der Waals surface area contributed by atoms with Gasteiger partial charge < -0.3 is 20.9 Å². The van der Waals surface area contributed by atoms with Gasteiger partial charge in [0, 0.05) is 6.54 Å². The molecule has 0 saturated heterocycles. The van der Waals surface area contributed by atoms with Crippen LogP contribution in [0.4, 0.5) is 4.39 Å². The zero-order chi connectivity index (χ0) is 26.2. The number of nitrogens with zero attached hydrogens (tertiary/aromatic N) is 1. The molecule has 1 saturated carbocycles. The van der Waals surface area contributed by atoms with Crippen LogP contribution in [0.15, 0.2) is 77.8 Å². The van der Waals surface area contributed by atoms with E-state index in [2.05, 4.69) is 4.99 Å². The maximum atomic E-state index is 13.0. The number of carbonyl (C=O) groups excluding carboxylic acids is 2. The summed E-state index contributed by atoms with van der Waals surface area (Å²) in [5, 5.41) is 0. The highest BCUT2D eigenvalue weighted by atomic mass is 35.5. The van der Waals surface area contributed by atoms with Crippen LogP contribution in [-0.4, -0.2) is 24.4 Å². The Morgan fingerprint density at radius 3 is 2.00 bits per heavy atom. The summed E-state index contributed by atoms with van der Waals surface area (Å²) in [5.41, 5.74) is 13.8. The topological polar surface area (TPSA) is 117 Å². The third-order valence-corrected chi connectivity index (χ3v) is 6.52. The molecule has 9 heteroatoms. The monoisotopic (exact) mass is 539 g/mol. The Morgan fingerprint density at radius 2 is 1.42 bits per heavy atom. The number of aliphatic imine (C=N–C) groups is 1. The molecule has 1 aliphatic carbocycles. The van der Waals surface area contributed by atoms with Crippen molar-refractivity contribution in [2.75, 3.05) is 6.54 Å². The smallest absolute Gasteiger partial charge is 0.338 e. The number of esters is 2. The number of halogens is 2. The molecule has 0 aliphatic heterocycles. The largest absolute Gasteiger partial charge is 0.457 e. The maximum Gasteiger partial charge on any atom is 0.338 e. The van der Waals surface area contributed by atoms with Gasteiger partial charge in [0.2, 0.25) is 0 Å². The number of nitrogens with two attached hydrogens (primary N) is 2. The molecule has 1 fully saturated rings. The number of rotatable bonds is 8. The zero-order valence-electron chi connectivity index (χ0n) is 20.8. The number of hydrogen-bond acceptors (Lipinski definition) is 5. The van der Waals surface area contributed by atoms with Crippen LogP contribution in [0.1, 0.15) is 41.6 Å². The molecule has 4 rings (SSSR count). The van der Waals surface area contributed by atoms with E-state index < -0.39 is 5.97 Å². The molecule has 0 radical (unpaired) electrons. The third kappa shape index (κ3) is 8.05. The zero-order valence-corrected chi connectivity index (χ0v) is 21.7. The predicted octanol–water partition coefficient (Wildman–Crippen LogP) is 5.26. The second kappa shape index (κ2) is 13.6. The molecule has 7 nitrogen and oxygen atoms in total. The van der Waals surface area contributed by atoms with E-state index in [1.807, 2.05) is 24.3 Å². The fourth-order valence-electron chi connectivity index (χ4n) is 4.34. The van der Waals surface area contributed by atoms with E-state index in [4.69, 9.17) is 20.9 Å². The average Bonchev–Trinajstić information content (AvgIpc) is 2.92. The van der Waals surface area contributed by atoms with Gasteiger partial charge in [0.15, 0.2) is 5.96 Å². The first kappa shape index (κ1) is 28.7. The van der Waals surface area contributed by atoms with Crippen molar-refractivity contribution in [1.82, 2.24) is 0 Å². The summed E-state index contributed by atoms with van der Waals surface area (Å²) in [4.78, 5) is 29.0. The number of benzene rings is 3. The minimum absolute atomic E-state index is 0. The van der Waals surface area contributed by atoms with Crippen LogP contribution in [0, 0.1) is 17.7 Å². The fraction of sp³-hybridized carbons (Fsp3) is 0.276. The van der Waals surface area contributed by atoms with Crippen molar-refractivity contribution >= 4 is 30.3 Å². The predicted molar refractivity (Wildman–Crippen MR) is 146 cm³/mol. The highest BCUT2D eigenvalue weighted by Crippen LogP contribution is 2.31. The summed E-state index contributed by atoms with van der Waals surface area (Å²) in [6.07, 6.45) is 3.32. The van der Waals surface area contributed by atoms with Crippen LogP contribution >= 0.6 is 12.4 Å². The van der Waals surface area contributed by atoms with E-state index >= 15 is 0 Å². The highest BCUT2D eigenvalue weighted by Gasteiger charge is 2.27. The first-order chi connectivity index (χ1) is 17.9. The Bertz CT molecular complexity index is 1240. The molecule has 1 aliphatic rings. The Hall–Kier alpha value is -3.91. The summed E-state index contributed by atoms with van der Waals surface area (Å²) in [6, 6.07) is 20.1. The minimum Gasteiger partial charge on any atom is -0.457 e. The van der Waals surface area contributed by atoms with E-state index in [0.717, 1.165) is 36.8 Å². The Morgan fingerprint density at radius 1 is 0.842 bits per heavy atom. The van der Waals surface area contributed by atoms with Crippen LogP contribution in [-0.2, 0) is 16.1 Å². The van der Waals surface area contributed by atoms with E-state index in [0.29, 0.717) is 29.3 Å². The molecule has 0 heterocycles. The molecule has 3 aromatic rings. The molecule has 0 unspecified atom stereocenters. The summed E-state index contributed by atoms with van der Waals surface area (Å²) in [6.45, 7) is 0.671. The van der Waals surface area contributed by atoms with Crippen LogP contribution in [0.2, 0.25) is 0 Å². The van der Waals surface area contributed by atoms with Gasteiger partial charge in [-0.3, -0.25) is 9.79 Å². The third-order valence-electron chi connectivity index (χ3n) is 6.52. The molecule has 38 heavy (non-hydrogen) atoms. The first-order valence-electron chi connectivity index (χ1n) is 12.3. The van der Waals surface area contributed by atoms with Crippen molar-refractivity contribution in [3.8, 4) is 16.9 Å². The second-order valence-corrected chi connectivity index (χ2v) is 9.21. The van der Waals surface area contributed by atoms with E-state index in [1.165, 1.54) is 12.1 Å². The SMILES string of the molecule is Cl.NC(N)=NCC1CCC(C(=O)Oc2ccc(-c3ccc(C(=O)OCc4ccc(F)cc4)cc3)cc2)CC1. The number of carbonyl (C=O) groups is 2. The van der Waals surface area contributed by atoms with Crippen molar-refractivity contribution in [3.63, 3.8) is 0 Å². The van der Waals surface area contributed by atoms with Gasteiger partial charge >= 0.3 is 11.9 Å².